The van der Waals surface area contributed by atoms with Gasteiger partial charge in [-0.1, -0.05) is 39.8 Å². The minimum atomic E-state index is 0.0589. The van der Waals surface area contributed by atoms with Crippen LogP contribution >= 0.6 is 0 Å². The largest absolute Gasteiger partial charge is 0.493 e. The normalized spacial score (nSPS) is 13.2. The molecule has 1 unspecified atom stereocenters. The highest BCUT2D eigenvalue weighted by Gasteiger charge is 2.19. The van der Waals surface area contributed by atoms with Gasteiger partial charge in [0.25, 0.3) is 0 Å². The summed E-state index contributed by atoms with van der Waals surface area (Å²) in [5.74, 6) is 1.18. The molecule has 1 rings (SSSR count). The summed E-state index contributed by atoms with van der Waals surface area (Å²) in [5.41, 5.74) is 8.24. The third-order valence-corrected chi connectivity index (χ3v) is 3.75. The lowest BCUT2D eigenvalue weighted by Crippen LogP contribution is -2.19. The molecule has 0 aliphatic carbocycles. The van der Waals surface area contributed by atoms with Gasteiger partial charge in [-0.15, -0.1) is 0 Å². The smallest absolute Gasteiger partial charge is 0.123 e. The predicted octanol–water partition coefficient (Wildman–Crippen LogP) is 3.27. The molecular formula is C18H31NO2. The van der Waals surface area contributed by atoms with E-state index in [1.165, 1.54) is 11.1 Å². The van der Waals surface area contributed by atoms with Crippen LogP contribution in [0.15, 0.2) is 18.2 Å². The fourth-order valence-corrected chi connectivity index (χ4v) is 2.31. The van der Waals surface area contributed by atoms with Gasteiger partial charge in [0.1, 0.15) is 5.75 Å². The summed E-state index contributed by atoms with van der Waals surface area (Å²) in [6.07, 6.45) is 2.88. The number of ether oxygens (including phenoxy) is 1. The van der Waals surface area contributed by atoms with Gasteiger partial charge in [0.2, 0.25) is 0 Å². The van der Waals surface area contributed by atoms with E-state index in [1.807, 2.05) is 0 Å². The van der Waals surface area contributed by atoms with Crippen LogP contribution in [0.3, 0.4) is 0 Å². The van der Waals surface area contributed by atoms with Crippen LogP contribution in [0.1, 0.15) is 51.7 Å². The van der Waals surface area contributed by atoms with E-state index in [0.29, 0.717) is 6.54 Å². The second-order valence-electron chi connectivity index (χ2n) is 6.75. The first kappa shape index (κ1) is 18.0. The Morgan fingerprint density at radius 1 is 1.29 bits per heavy atom. The number of hydrogen-bond donors (Lipinski definition) is 2. The van der Waals surface area contributed by atoms with E-state index >= 15 is 0 Å². The molecule has 120 valence electrons. The van der Waals surface area contributed by atoms with Gasteiger partial charge in [-0.05, 0) is 54.3 Å². The van der Waals surface area contributed by atoms with Gasteiger partial charge in [0, 0.05) is 6.61 Å². The fraction of sp³-hybridized carbons (Fsp3) is 0.667. The first-order chi connectivity index (χ1) is 9.92. The van der Waals surface area contributed by atoms with Crippen LogP contribution in [0.5, 0.6) is 5.75 Å². The summed E-state index contributed by atoms with van der Waals surface area (Å²) in [7, 11) is 0. The SMILES string of the molecule is CCCOc1ccc(CCC(CN)CO)cc1C(C)(C)C. The van der Waals surface area contributed by atoms with Gasteiger partial charge in [-0.25, -0.2) is 0 Å². The lowest BCUT2D eigenvalue weighted by molar-refractivity contribution is 0.223. The van der Waals surface area contributed by atoms with Gasteiger partial charge in [0.15, 0.2) is 0 Å². The Morgan fingerprint density at radius 3 is 2.52 bits per heavy atom. The number of aliphatic hydroxyl groups is 1. The monoisotopic (exact) mass is 293 g/mol. The lowest BCUT2D eigenvalue weighted by Gasteiger charge is -2.24. The fourth-order valence-electron chi connectivity index (χ4n) is 2.31. The maximum Gasteiger partial charge on any atom is 0.123 e. The Balaban J connectivity index is 2.88. The second kappa shape index (κ2) is 8.40. The highest BCUT2D eigenvalue weighted by atomic mass is 16.5. The van der Waals surface area contributed by atoms with Crippen molar-refractivity contribution in [1.29, 1.82) is 0 Å². The van der Waals surface area contributed by atoms with Gasteiger partial charge >= 0.3 is 0 Å². The quantitative estimate of drug-likeness (QED) is 0.773. The third-order valence-electron chi connectivity index (χ3n) is 3.75. The number of nitrogens with two attached hydrogens (primary N) is 1. The van der Waals surface area contributed by atoms with Crippen LogP contribution in [0, 0.1) is 5.92 Å². The number of hydrogen-bond acceptors (Lipinski definition) is 3. The molecule has 1 aromatic rings. The Labute approximate surface area is 129 Å². The first-order valence-corrected chi connectivity index (χ1v) is 7.99. The highest BCUT2D eigenvalue weighted by Crippen LogP contribution is 2.32. The zero-order valence-corrected chi connectivity index (χ0v) is 14.0. The molecule has 0 saturated heterocycles. The molecule has 0 aliphatic heterocycles. The Hall–Kier alpha value is -1.06. The number of benzene rings is 1. The molecule has 3 nitrogen and oxygen atoms in total. The van der Waals surface area contributed by atoms with Gasteiger partial charge in [0.05, 0.1) is 6.61 Å². The van der Waals surface area contributed by atoms with Crippen molar-refractivity contribution in [2.45, 2.75) is 52.4 Å². The molecule has 1 atom stereocenters. The summed E-state index contributed by atoms with van der Waals surface area (Å²) >= 11 is 0. The van der Waals surface area contributed by atoms with E-state index < -0.39 is 0 Å². The second-order valence-corrected chi connectivity index (χ2v) is 6.75. The van der Waals surface area contributed by atoms with Crippen LogP contribution in [-0.2, 0) is 11.8 Å². The summed E-state index contributed by atoms with van der Waals surface area (Å²) in [4.78, 5) is 0. The maximum absolute atomic E-state index is 9.23. The molecule has 3 heteroatoms. The minimum Gasteiger partial charge on any atom is -0.493 e. The molecule has 1 aromatic carbocycles. The average molecular weight is 293 g/mol. The van der Waals surface area contributed by atoms with Crippen molar-refractivity contribution in [3.63, 3.8) is 0 Å². The van der Waals surface area contributed by atoms with Crippen LogP contribution < -0.4 is 10.5 Å². The molecule has 0 fully saturated rings. The van der Waals surface area contributed by atoms with Crippen LogP contribution in [-0.4, -0.2) is 24.9 Å². The molecule has 0 saturated carbocycles. The molecule has 0 aromatic heterocycles. The van der Waals surface area contributed by atoms with Crippen molar-refractivity contribution in [3.8, 4) is 5.75 Å². The van der Waals surface area contributed by atoms with Crippen molar-refractivity contribution in [1.82, 2.24) is 0 Å². The minimum absolute atomic E-state index is 0.0589. The zero-order valence-electron chi connectivity index (χ0n) is 14.0. The maximum atomic E-state index is 9.23. The molecule has 0 bridgehead atoms. The molecule has 0 heterocycles. The number of rotatable bonds is 8. The van der Waals surface area contributed by atoms with Gasteiger partial charge in [-0.2, -0.15) is 0 Å². The van der Waals surface area contributed by atoms with Crippen molar-refractivity contribution < 1.29 is 9.84 Å². The average Bonchev–Trinajstić information content (AvgIpc) is 2.45. The summed E-state index contributed by atoms with van der Waals surface area (Å²) in [6.45, 7) is 10.2. The van der Waals surface area contributed by atoms with Crippen molar-refractivity contribution in [2.75, 3.05) is 19.8 Å². The molecule has 0 aliphatic rings. The Morgan fingerprint density at radius 2 is 2.00 bits per heavy atom. The van der Waals surface area contributed by atoms with Crippen molar-refractivity contribution in [2.24, 2.45) is 11.7 Å². The van der Waals surface area contributed by atoms with Gasteiger partial charge < -0.3 is 15.6 Å². The van der Waals surface area contributed by atoms with E-state index in [1.54, 1.807) is 0 Å². The number of aliphatic hydroxyl groups excluding tert-OH is 1. The van der Waals surface area contributed by atoms with E-state index in [9.17, 15) is 5.11 Å². The van der Waals surface area contributed by atoms with E-state index in [0.717, 1.165) is 31.6 Å². The lowest BCUT2D eigenvalue weighted by atomic mass is 9.84. The van der Waals surface area contributed by atoms with E-state index in [-0.39, 0.29) is 17.9 Å². The summed E-state index contributed by atoms with van der Waals surface area (Å²) < 4.78 is 5.88. The van der Waals surface area contributed by atoms with Crippen molar-refractivity contribution >= 4 is 0 Å². The Bertz CT molecular complexity index is 420. The van der Waals surface area contributed by atoms with Gasteiger partial charge in [-0.3, -0.25) is 0 Å². The molecular weight excluding hydrogens is 262 g/mol. The highest BCUT2D eigenvalue weighted by molar-refractivity contribution is 5.41. The topological polar surface area (TPSA) is 55.5 Å². The van der Waals surface area contributed by atoms with E-state index in [4.69, 9.17) is 10.5 Å². The molecule has 21 heavy (non-hydrogen) atoms. The van der Waals surface area contributed by atoms with E-state index in [2.05, 4.69) is 45.9 Å². The summed E-state index contributed by atoms with van der Waals surface area (Å²) in [5, 5.41) is 9.23. The van der Waals surface area contributed by atoms with Crippen LogP contribution in [0.2, 0.25) is 0 Å². The predicted molar refractivity (Wildman–Crippen MR) is 88.9 cm³/mol. The number of aryl methyl sites for hydroxylation is 1. The molecule has 0 spiro atoms. The zero-order chi connectivity index (χ0) is 15.9. The van der Waals surface area contributed by atoms with Crippen LogP contribution in [0.25, 0.3) is 0 Å². The third kappa shape index (κ3) is 5.68. The van der Waals surface area contributed by atoms with Crippen molar-refractivity contribution in [3.05, 3.63) is 29.3 Å². The molecule has 0 amide bonds. The molecule has 3 N–H and O–H groups in total. The van der Waals surface area contributed by atoms with Crippen LogP contribution in [0.4, 0.5) is 0 Å². The molecule has 0 radical (unpaired) electrons. The standard InChI is InChI=1S/C18H31NO2/c1-5-10-21-17-9-8-14(6-7-15(12-19)13-20)11-16(17)18(2,3)4/h8-9,11,15,20H,5-7,10,12-13,19H2,1-4H3. The first-order valence-electron chi connectivity index (χ1n) is 7.99. The summed E-state index contributed by atoms with van der Waals surface area (Å²) in [6, 6.07) is 6.46. The Kier molecular flexibility index (Phi) is 7.20.